The third-order valence-electron chi connectivity index (χ3n) is 5.34. The molecule has 0 N–H and O–H groups in total. The molecule has 0 spiro atoms. The molecule has 24 heavy (non-hydrogen) atoms. The minimum Gasteiger partial charge on any atom is -0.459 e. The van der Waals surface area contributed by atoms with Gasteiger partial charge < -0.3 is 4.74 Å². The average Bonchev–Trinajstić information content (AvgIpc) is 2.59. The van der Waals surface area contributed by atoms with Gasteiger partial charge in [0.15, 0.2) is 0 Å². The Morgan fingerprint density at radius 2 is 1.12 bits per heavy atom. The minimum atomic E-state index is -0.203. The first-order valence-corrected chi connectivity index (χ1v) is 10.9. The van der Waals surface area contributed by atoms with Crippen molar-refractivity contribution in [3.05, 3.63) is 0 Å². The molecule has 0 fully saturated rings. The Kier molecular flexibility index (Phi) is 15.6. The highest BCUT2D eigenvalue weighted by atomic mass is 16.6. The maximum absolute atomic E-state index is 12.2. The Morgan fingerprint density at radius 1 is 0.667 bits per heavy atom. The Labute approximate surface area is 152 Å². The fourth-order valence-corrected chi connectivity index (χ4v) is 3.37. The van der Waals surface area contributed by atoms with Crippen molar-refractivity contribution < 1.29 is 9.53 Å². The molecule has 0 atom stereocenters. The number of carbonyl (C=O) groups excluding carboxylic acids is 1. The molecule has 0 aromatic carbocycles. The third kappa shape index (κ3) is 11.9. The molecule has 0 unspecified atom stereocenters. The summed E-state index contributed by atoms with van der Waals surface area (Å²) in [5.41, 5.74) is -0.203. The van der Waals surface area contributed by atoms with Gasteiger partial charge in [0, 0.05) is 6.42 Å². The Hall–Kier alpha value is -0.530. The first kappa shape index (κ1) is 23.5. The minimum absolute atomic E-state index is 0.0261. The Morgan fingerprint density at radius 3 is 1.62 bits per heavy atom. The summed E-state index contributed by atoms with van der Waals surface area (Å²) in [5, 5.41) is 0. The maximum atomic E-state index is 12.2. The summed E-state index contributed by atoms with van der Waals surface area (Å²) in [7, 11) is 0. The molecule has 0 aromatic rings. The molecule has 0 aliphatic rings. The zero-order chi connectivity index (χ0) is 18.1. The van der Waals surface area contributed by atoms with Crippen LogP contribution in [-0.2, 0) is 9.53 Å². The molecule has 0 aliphatic carbocycles. The van der Waals surface area contributed by atoms with Crippen molar-refractivity contribution in [2.24, 2.45) is 0 Å². The summed E-state index contributed by atoms with van der Waals surface area (Å²) in [5.74, 6) is 0.0261. The van der Waals surface area contributed by atoms with E-state index in [9.17, 15) is 4.79 Å². The molecule has 2 heteroatoms. The van der Waals surface area contributed by atoms with Crippen molar-refractivity contribution in [3.63, 3.8) is 0 Å². The summed E-state index contributed by atoms with van der Waals surface area (Å²) in [6, 6.07) is 0. The summed E-state index contributed by atoms with van der Waals surface area (Å²) < 4.78 is 5.92. The molecule has 0 aromatic heterocycles. The van der Waals surface area contributed by atoms with Crippen LogP contribution in [-0.4, -0.2) is 11.6 Å². The molecule has 0 radical (unpaired) electrons. The normalized spacial score (nSPS) is 11.7. The van der Waals surface area contributed by atoms with E-state index in [0.29, 0.717) is 6.42 Å². The van der Waals surface area contributed by atoms with Crippen molar-refractivity contribution in [3.8, 4) is 0 Å². The highest BCUT2D eigenvalue weighted by Gasteiger charge is 2.29. The lowest BCUT2D eigenvalue weighted by atomic mass is 9.90. The van der Waals surface area contributed by atoms with Crippen LogP contribution < -0.4 is 0 Å². The van der Waals surface area contributed by atoms with E-state index in [1.807, 2.05) is 0 Å². The van der Waals surface area contributed by atoms with Gasteiger partial charge in [-0.2, -0.15) is 0 Å². The second-order valence-electron chi connectivity index (χ2n) is 7.40. The van der Waals surface area contributed by atoms with Gasteiger partial charge in [-0.1, -0.05) is 91.9 Å². The van der Waals surface area contributed by atoms with Gasteiger partial charge >= 0.3 is 5.97 Å². The van der Waals surface area contributed by atoms with Crippen LogP contribution in [0.25, 0.3) is 0 Å². The first-order valence-electron chi connectivity index (χ1n) is 10.9. The largest absolute Gasteiger partial charge is 0.459 e. The Bertz CT molecular complexity index is 282. The van der Waals surface area contributed by atoms with Crippen molar-refractivity contribution >= 4 is 5.97 Å². The van der Waals surface area contributed by atoms with Crippen LogP contribution in [0, 0.1) is 0 Å². The number of ether oxygens (including phenoxy) is 1. The quantitative estimate of drug-likeness (QED) is 0.201. The number of hydrogen-bond donors (Lipinski definition) is 0. The molecule has 144 valence electrons. The number of rotatable bonds is 17. The van der Waals surface area contributed by atoms with Crippen LogP contribution >= 0.6 is 0 Å². The fourth-order valence-electron chi connectivity index (χ4n) is 3.37. The van der Waals surface area contributed by atoms with Crippen molar-refractivity contribution in [1.82, 2.24) is 0 Å². The molecule has 0 heterocycles. The average molecular weight is 341 g/mol. The molecule has 0 amide bonds. The molecule has 0 saturated heterocycles. The molecule has 0 bridgehead atoms. The number of carbonyl (C=O) groups is 1. The Balaban J connectivity index is 3.80. The van der Waals surface area contributed by atoms with E-state index in [4.69, 9.17) is 4.74 Å². The number of unbranched alkanes of at least 4 members (excludes halogenated alkanes) is 10. The van der Waals surface area contributed by atoms with E-state index in [1.54, 1.807) is 0 Å². The van der Waals surface area contributed by atoms with E-state index in [1.165, 1.54) is 70.6 Å². The van der Waals surface area contributed by atoms with E-state index in [2.05, 4.69) is 27.7 Å². The molecular formula is C22H44O2. The van der Waals surface area contributed by atoms with Crippen molar-refractivity contribution in [1.29, 1.82) is 0 Å². The van der Waals surface area contributed by atoms with Gasteiger partial charge in [-0.15, -0.1) is 0 Å². The van der Waals surface area contributed by atoms with Gasteiger partial charge in [-0.25, -0.2) is 0 Å². The monoisotopic (exact) mass is 340 g/mol. The van der Waals surface area contributed by atoms with Crippen LogP contribution in [0.2, 0.25) is 0 Å². The fraction of sp³-hybridized carbons (Fsp3) is 0.955. The molecule has 2 nitrogen and oxygen atoms in total. The van der Waals surface area contributed by atoms with Crippen LogP contribution in [0.4, 0.5) is 0 Å². The van der Waals surface area contributed by atoms with Crippen molar-refractivity contribution in [2.75, 3.05) is 0 Å². The predicted octanol–water partition coefficient (Wildman–Crippen LogP) is 7.59. The molecular weight excluding hydrogens is 296 g/mol. The van der Waals surface area contributed by atoms with Crippen LogP contribution in [0.5, 0.6) is 0 Å². The number of hydrogen-bond acceptors (Lipinski definition) is 2. The van der Waals surface area contributed by atoms with Crippen LogP contribution in [0.3, 0.4) is 0 Å². The van der Waals surface area contributed by atoms with Gasteiger partial charge in [0.25, 0.3) is 0 Å². The highest BCUT2D eigenvalue weighted by Crippen LogP contribution is 2.28. The highest BCUT2D eigenvalue weighted by molar-refractivity contribution is 5.69. The van der Waals surface area contributed by atoms with E-state index < -0.39 is 0 Å². The van der Waals surface area contributed by atoms with Gasteiger partial charge in [0.05, 0.1) is 0 Å². The zero-order valence-electron chi connectivity index (χ0n) is 17.1. The van der Waals surface area contributed by atoms with Crippen molar-refractivity contribution in [2.45, 2.75) is 136 Å². The lowest BCUT2D eigenvalue weighted by molar-refractivity contribution is -0.162. The summed E-state index contributed by atoms with van der Waals surface area (Å²) in [4.78, 5) is 12.2. The smallest absolute Gasteiger partial charge is 0.306 e. The lowest BCUT2D eigenvalue weighted by Crippen LogP contribution is -2.33. The van der Waals surface area contributed by atoms with Gasteiger partial charge in [-0.3, -0.25) is 4.79 Å². The molecule has 0 rings (SSSR count). The maximum Gasteiger partial charge on any atom is 0.306 e. The standard InChI is InChI=1S/C22H44O2/c1-5-9-11-12-13-14-15-16-17-19-21(23)24-22(7-3,8-4)20-18-10-6-2/h5-20H2,1-4H3. The van der Waals surface area contributed by atoms with E-state index in [-0.39, 0.29) is 11.6 Å². The second-order valence-corrected chi connectivity index (χ2v) is 7.40. The summed E-state index contributed by atoms with van der Waals surface area (Å²) >= 11 is 0. The van der Waals surface area contributed by atoms with Gasteiger partial charge in [0.2, 0.25) is 0 Å². The third-order valence-corrected chi connectivity index (χ3v) is 5.34. The summed E-state index contributed by atoms with van der Waals surface area (Å²) in [6.45, 7) is 8.78. The predicted molar refractivity (Wildman–Crippen MR) is 105 cm³/mol. The second kappa shape index (κ2) is 16.0. The first-order chi connectivity index (χ1) is 11.6. The van der Waals surface area contributed by atoms with Gasteiger partial charge in [0.1, 0.15) is 5.60 Å². The summed E-state index contributed by atoms with van der Waals surface area (Å²) in [6.07, 6.45) is 18.7. The lowest BCUT2D eigenvalue weighted by Gasteiger charge is -2.31. The topological polar surface area (TPSA) is 26.3 Å². The van der Waals surface area contributed by atoms with E-state index >= 15 is 0 Å². The van der Waals surface area contributed by atoms with Gasteiger partial charge in [-0.05, 0) is 32.1 Å². The van der Waals surface area contributed by atoms with Crippen LogP contribution in [0.1, 0.15) is 130 Å². The molecule has 0 aliphatic heterocycles. The zero-order valence-corrected chi connectivity index (χ0v) is 17.1. The SMILES string of the molecule is CCCCCCCCCCCC(=O)OC(CC)(CC)CCCCC. The molecule has 0 saturated carbocycles. The number of esters is 1. The van der Waals surface area contributed by atoms with E-state index in [0.717, 1.165) is 25.7 Å². The van der Waals surface area contributed by atoms with Crippen LogP contribution in [0.15, 0.2) is 0 Å².